The highest BCUT2D eigenvalue weighted by Gasteiger charge is 2.45. The maximum atomic E-state index is 12.6. The first kappa shape index (κ1) is 19.0. The Labute approximate surface area is 155 Å². The van der Waals surface area contributed by atoms with E-state index in [0.717, 1.165) is 0 Å². The molecule has 0 saturated carbocycles. The molecule has 144 valence electrons. The van der Waals surface area contributed by atoms with E-state index < -0.39 is 41.9 Å². The molecule has 4 atom stereocenters. The largest absolute Gasteiger partial charge is 0.460 e. The van der Waals surface area contributed by atoms with Gasteiger partial charge in [-0.3, -0.25) is 20.2 Å². The van der Waals surface area contributed by atoms with Crippen molar-refractivity contribution in [3.63, 3.8) is 0 Å². The Morgan fingerprint density at radius 1 is 1.41 bits per heavy atom. The number of Topliss-reactive ketones (excluding diaryl/α,β-unsaturated/α-hetero) is 1. The number of benzene rings is 1. The number of amides is 2. The van der Waals surface area contributed by atoms with E-state index in [1.807, 2.05) is 0 Å². The van der Waals surface area contributed by atoms with Crippen LogP contribution in [-0.2, 0) is 14.3 Å². The summed E-state index contributed by atoms with van der Waals surface area (Å²) in [7, 11) is 0. The maximum absolute atomic E-state index is 12.6. The first-order chi connectivity index (χ1) is 12.8. The molecule has 0 aromatic heterocycles. The Bertz CT molecular complexity index is 768. The van der Waals surface area contributed by atoms with Gasteiger partial charge in [-0.25, -0.2) is 4.79 Å². The zero-order valence-electron chi connectivity index (χ0n) is 14.7. The Hall–Kier alpha value is -2.75. The van der Waals surface area contributed by atoms with E-state index in [2.05, 4.69) is 5.32 Å². The summed E-state index contributed by atoms with van der Waals surface area (Å²) in [5.41, 5.74) is 4.77. The van der Waals surface area contributed by atoms with Crippen LogP contribution in [0.2, 0.25) is 0 Å². The molecule has 1 aromatic carbocycles. The van der Waals surface area contributed by atoms with Crippen molar-refractivity contribution in [1.82, 2.24) is 10.2 Å². The van der Waals surface area contributed by atoms with E-state index in [1.54, 1.807) is 30.3 Å². The molecule has 9 heteroatoms. The summed E-state index contributed by atoms with van der Waals surface area (Å²) in [5, 5.41) is 11.9. The summed E-state index contributed by atoms with van der Waals surface area (Å²) < 4.78 is 10.7. The highest BCUT2D eigenvalue weighted by Crippen LogP contribution is 2.28. The standard InChI is InChI=1S/C18H21N3O6/c1-11(23)26-13-9-15(27-14(13)10-22)21-8-7-18(19,20-17(21)25)16(24)12-5-3-2-4-6-12/h2-8,13-15,22H,9-10,19H2,1H3,(H,20,25)/t13-,14+,15+,18?/m0/s1. The van der Waals surface area contributed by atoms with E-state index in [9.17, 15) is 19.5 Å². The van der Waals surface area contributed by atoms with Crippen molar-refractivity contribution in [2.45, 2.75) is 37.4 Å². The lowest BCUT2D eigenvalue weighted by molar-refractivity contribution is -0.150. The van der Waals surface area contributed by atoms with E-state index in [-0.39, 0.29) is 13.0 Å². The van der Waals surface area contributed by atoms with Crippen molar-refractivity contribution >= 4 is 17.8 Å². The van der Waals surface area contributed by atoms with Gasteiger partial charge in [-0.15, -0.1) is 0 Å². The molecule has 0 radical (unpaired) electrons. The number of nitrogens with two attached hydrogens (primary N) is 1. The Morgan fingerprint density at radius 2 is 2.11 bits per heavy atom. The summed E-state index contributed by atoms with van der Waals surface area (Å²) in [6.45, 7) is 0.897. The van der Waals surface area contributed by atoms with Gasteiger partial charge in [0, 0.05) is 25.1 Å². The summed E-state index contributed by atoms with van der Waals surface area (Å²) in [6.07, 6.45) is 0.756. The van der Waals surface area contributed by atoms with Gasteiger partial charge < -0.3 is 19.9 Å². The minimum absolute atomic E-state index is 0.187. The number of nitrogens with one attached hydrogen (secondary N) is 1. The average Bonchev–Trinajstić information content (AvgIpc) is 3.03. The number of carbonyl (C=O) groups excluding carboxylic acids is 3. The number of hydrogen-bond donors (Lipinski definition) is 3. The maximum Gasteiger partial charge on any atom is 0.325 e. The third-order valence-corrected chi connectivity index (χ3v) is 4.45. The molecular weight excluding hydrogens is 354 g/mol. The van der Waals surface area contributed by atoms with Crippen LogP contribution >= 0.6 is 0 Å². The molecule has 27 heavy (non-hydrogen) atoms. The molecule has 9 nitrogen and oxygen atoms in total. The summed E-state index contributed by atoms with van der Waals surface area (Å²) in [6, 6.07) is 7.76. The van der Waals surface area contributed by atoms with Gasteiger partial charge in [0.2, 0.25) is 5.78 Å². The van der Waals surface area contributed by atoms with Crippen molar-refractivity contribution in [2.24, 2.45) is 5.73 Å². The lowest BCUT2D eigenvalue weighted by Gasteiger charge is -2.36. The van der Waals surface area contributed by atoms with Crippen LogP contribution in [0.25, 0.3) is 0 Å². The quantitative estimate of drug-likeness (QED) is 0.491. The van der Waals surface area contributed by atoms with E-state index >= 15 is 0 Å². The van der Waals surface area contributed by atoms with Crippen LogP contribution in [0.4, 0.5) is 4.79 Å². The van der Waals surface area contributed by atoms with E-state index in [4.69, 9.17) is 15.2 Å². The second-order valence-electron chi connectivity index (χ2n) is 6.41. The molecule has 2 aliphatic rings. The normalized spacial score (nSPS) is 30.1. The van der Waals surface area contributed by atoms with Gasteiger partial charge in [-0.2, -0.15) is 0 Å². The lowest BCUT2D eigenvalue weighted by atomic mass is 9.97. The van der Waals surface area contributed by atoms with Crippen molar-refractivity contribution in [3.8, 4) is 0 Å². The zero-order chi connectivity index (χ0) is 19.6. The number of aliphatic hydroxyl groups excluding tert-OH is 1. The SMILES string of the molecule is CC(=O)O[C@H]1C[C@H](N2C=CC(N)(C(=O)c3ccccc3)NC2=O)O[C@@H]1CO. The third-order valence-electron chi connectivity index (χ3n) is 4.45. The average molecular weight is 375 g/mol. The summed E-state index contributed by atoms with van der Waals surface area (Å²) in [5.74, 6) is -0.957. The Balaban J connectivity index is 1.75. The van der Waals surface area contributed by atoms with Gasteiger partial charge in [0.15, 0.2) is 5.66 Å². The highest BCUT2D eigenvalue weighted by atomic mass is 16.6. The molecule has 1 aromatic rings. The molecule has 1 fully saturated rings. The minimum Gasteiger partial charge on any atom is -0.460 e. The van der Waals surface area contributed by atoms with Crippen LogP contribution in [-0.4, -0.2) is 58.5 Å². The molecule has 2 amide bonds. The molecule has 3 rings (SSSR count). The van der Waals surface area contributed by atoms with Gasteiger partial charge in [0.25, 0.3) is 0 Å². The van der Waals surface area contributed by atoms with Gasteiger partial charge in [-0.1, -0.05) is 30.3 Å². The fourth-order valence-corrected chi connectivity index (χ4v) is 3.11. The molecular formula is C18H21N3O6. The van der Waals surface area contributed by atoms with Crippen LogP contribution in [0.15, 0.2) is 42.6 Å². The molecule has 1 unspecified atom stereocenters. The first-order valence-electron chi connectivity index (χ1n) is 8.46. The molecule has 4 N–H and O–H groups in total. The van der Waals surface area contributed by atoms with Crippen LogP contribution < -0.4 is 11.1 Å². The van der Waals surface area contributed by atoms with Gasteiger partial charge >= 0.3 is 12.0 Å². The monoisotopic (exact) mass is 375 g/mol. The second-order valence-corrected chi connectivity index (χ2v) is 6.41. The lowest BCUT2D eigenvalue weighted by Crippen LogP contribution is -2.65. The van der Waals surface area contributed by atoms with Crippen molar-refractivity contribution < 1.29 is 29.0 Å². The zero-order valence-corrected chi connectivity index (χ0v) is 14.7. The van der Waals surface area contributed by atoms with Crippen LogP contribution in [0.1, 0.15) is 23.7 Å². The fraction of sp³-hybridized carbons (Fsp3) is 0.389. The molecule has 0 bridgehead atoms. The second kappa shape index (κ2) is 7.47. The van der Waals surface area contributed by atoms with Crippen LogP contribution in [0.3, 0.4) is 0 Å². The van der Waals surface area contributed by atoms with Crippen molar-refractivity contribution in [2.75, 3.05) is 6.61 Å². The predicted octanol–water partition coefficient (Wildman–Crippen LogP) is 0.102. The molecule has 2 aliphatic heterocycles. The molecule has 0 spiro atoms. The van der Waals surface area contributed by atoms with Gasteiger partial charge in [0.05, 0.1) is 6.61 Å². The minimum atomic E-state index is -1.68. The Kier molecular flexibility index (Phi) is 5.26. The number of rotatable bonds is 5. The molecule has 0 aliphatic carbocycles. The predicted molar refractivity (Wildman–Crippen MR) is 93.1 cm³/mol. The van der Waals surface area contributed by atoms with E-state index in [0.29, 0.717) is 5.56 Å². The molecule has 2 heterocycles. The number of ether oxygens (including phenoxy) is 2. The smallest absolute Gasteiger partial charge is 0.325 e. The van der Waals surface area contributed by atoms with E-state index in [1.165, 1.54) is 24.1 Å². The van der Waals surface area contributed by atoms with Gasteiger partial charge in [0.1, 0.15) is 18.4 Å². The fourth-order valence-electron chi connectivity index (χ4n) is 3.11. The van der Waals surface area contributed by atoms with Gasteiger partial charge in [-0.05, 0) is 6.08 Å². The number of ketones is 1. The Morgan fingerprint density at radius 3 is 2.70 bits per heavy atom. The number of urea groups is 1. The summed E-state index contributed by atoms with van der Waals surface area (Å²) in [4.78, 5) is 37.6. The number of nitrogens with zero attached hydrogens (tertiary/aromatic N) is 1. The number of carbonyl (C=O) groups is 3. The molecule has 1 saturated heterocycles. The van der Waals surface area contributed by atoms with Crippen LogP contribution in [0.5, 0.6) is 0 Å². The van der Waals surface area contributed by atoms with Crippen LogP contribution in [0, 0.1) is 0 Å². The number of esters is 1. The first-order valence-corrected chi connectivity index (χ1v) is 8.46. The number of hydrogen-bond acceptors (Lipinski definition) is 7. The summed E-state index contributed by atoms with van der Waals surface area (Å²) >= 11 is 0. The van der Waals surface area contributed by atoms with Crippen molar-refractivity contribution in [3.05, 3.63) is 48.2 Å². The third kappa shape index (κ3) is 3.85. The number of aliphatic hydroxyl groups is 1. The topological polar surface area (TPSA) is 131 Å². The highest BCUT2D eigenvalue weighted by molar-refractivity contribution is 6.06. The van der Waals surface area contributed by atoms with Crippen molar-refractivity contribution in [1.29, 1.82) is 0 Å².